The van der Waals surface area contributed by atoms with E-state index in [-0.39, 0.29) is 0 Å². The van der Waals surface area contributed by atoms with Crippen molar-refractivity contribution in [3.8, 4) is 0 Å². The zero-order chi connectivity index (χ0) is 12.3. The van der Waals surface area contributed by atoms with Crippen LogP contribution in [0.3, 0.4) is 0 Å². The molecule has 0 aromatic carbocycles. The van der Waals surface area contributed by atoms with Crippen LogP contribution < -0.4 is 11.1 Å². The molecule has 0 aromatic rings. The van der Waals surface area contributed by atoms with Gasteiger partial charge in [0.1, 0.15) is 0 Å². The molecule has 0 aliphatic heterocycles. The average molecular weight is 238 g/mol. The molecule has 3 N–H and O–H groups in total. The fourth-order valence-electron chi connectivity index (χ4n) is 3.58. The summed E-state index contributed by atoms with van der Waals surface area (Å²) in [4.78, 5) is 0. The molecule has 2 aliphatic rings. The largest absolute Gasteiger partial charge is 0.328 e. The molecule has 0 radical (unpaired) electrons. The zero-order valence-corrected chi connectivity index (χ0v) is 11.7. The summed E-state index contributed by atoms with van der Waals surface area (Å²) in [6, 6.07) is 1.20. The molecule has 2 heteroatoms. The van der Waals surface area contributed by atoms with Gasteiger partial charge in [0.05, 0.1) is 0 Å². The SMILES string of the molecule is CC(C)(CNC1CCC(N)CC1)C1CCCC1. The third kappa shape index (κ3) is 3.69. The van der Waals surface area contributed by atoms with Crippen molar-refractivity contribution in [2.75, 3.05) is 6.54 Å². The molecule has 0 aromatic heterocycles. The van der Waals surface area contributed by atoms with Crippen molar-refractivity contribution in [1.29, 1.82) is 0 Å². The van der Waals surface area contributed by atoms with Gasteiger partial charge in [-0.3, -0.25) is 0 Å². The van der Waals surface area contributed by atoms with E-state index in [4.69, 9.17) is 5.73 Å². The zero-order valence-electron chi connectivity index (χ0n) is 11.7. The molecule has 100 valence electrons. The van der Waals surface area contributed by atoms with Gasteiger partial charge in [-0.1, -0.05) is 26.7 Å². The molecule has 0 bridgehead atoms. The van der Waals surface area contributed by atoms with Crippen LogP contribution in [-0.4, -0.2) is 18.6 Å². The van der Waals surface area contributed by atoms with E-state index in [2.05, 4.69) is 19.2 Å². The Bertz CT molecular complexity index is 223. The van der Waals surface area contributed by atoms with Gasteiger partial charge in [0.25, 0.3) is 0 Å². The summed E-state index contributed by atoms with van der Waals surface area (Å²) in [6.45, 7) is 6.09. The second-order valence-corrected chi connectivity index (χ2v) is 6.96. The number of nitrogens with two attached hydrogens (primary N) is 1. The third-order valence-electron chi connectivity index (χ3n) is 5.08. The Balaban J connectivity index is 1.73. The molecule has 17 heavy (non-hydrogen) atoms. The van der Waals surface area contributed by atoms with Crippen LogP contribution in [0.15, 0.2) is 0 Å². The Morgan fingerprint density at radius 3 is 2.18 bits per heavy atom. The Morgan fingerprint density at radius 2 is 1.59 bits per heavy atom. The highest BCUT2D eigenvalue weighted by Gasteiger charge is 2.32. The van der Waals surface area contributed by atoms with Crippen LogP contribution in [0.4, 0.5) is 0 Å². The summed E-state index contributed by atoms with van der Waals surface area (Å²) in [7, 11) is 0. The van der Waals surface area contributed by atoms with Gasteiger partial charge in [-0.15, -0.1) is 0 Å². The van der Waals surface area contributed by atoms with Crippen LogP contribution in [-0.2, 0) is 0 Å². The summed E-state index contributed by atoms with van der Waals surface area (Å²) in [6.07, 6.45) is 10.8. The van der Waals surface area contributed by atoms with Crippen LogP contribution >= 0.6 is 0 Å². The summed E-state index contributed by atoms with van der Waals surface area (Å²) in [5, 5.41) is 3.80. The van der Waals surface area contributed by atoms with Gasteiger partial charge in [0, 0.05) is 18.6 Å². The van der Waals surface area contributed by atoms with Crippen molar-refractivity contribution in [3.63, 3.8) is 0 Å². The van der Waals surface area contributed by atoms with Crippen LogP contribution in [0.1, 0.15) is 65.2 Å². The summed E-state index contributed by atoms with van der Waals surface area (Å²) >= 11 is 0. The molecular weight excluding hydrogens is 208 g/mol. The monoisotopic (exact) mass is 238 g/mol. The lowest BCUT2D eigenvalue weighted by atomic mass is 9.77. The summed E-state index contributed by atoms with van der Waals surface area (Å²) in [5.41, 5.74) is 6.43. The lowest BCUT2D eigenvalue weighted by Gasteiger charge is -2.35. The maximum atomic E-state index is 5.95. The number of hydrogen-bond donors (Lipinski definition) is 2. The van der Waals surface area contributed by atoms with Gasteiger partial charge in [-0.2, -0.15) is 0 Å². The van der Waals surface area contributed by atoms with Crippen molar-refractivity contribution >= 4 is 0 Å². The standard InChI is InChI=1S/C15H30N2/c1-15(2,12-5-3-4-6-12)11-17-14-9-7-13(16)8-10-14/h12-14,17H,3-11,16H2,1-2H3. The quantitative estimate of drug-likeness (QED) is 0.790. The minimum absolute atomic E-state index is 0.468. The van der Waals surface area contributed by atoms with Crippen LogP contribution in [0, 0.1) is 11.3 Å². The number of rotatable bonds is 4. The van der Waals surface area contributed by atoms with Gasteiger partial charge >= 0.3 is 0 Å². The van der Waals surface area contributed by atoms with Crippen molar-refractivity contribution in [2.24, 2.45) is 17.1 Å². The molecule has 0 atom stereocenters. The molecule has 2 nitrogen and oxygen atoms in total. The number of nitrogens with one attached hydrogen (secondary N) is 1. The van der Waals surface area contributed by atoms with Crippen molar-refractivity contribution in [1.82, 2.24) is 5.32 Å². The van der Waals surface area contributed by atoms with Crippen molar-refractivity contribution in [2.45, 2.75) is 77.3 Å². The molecule has 0 heterocycles. The first-order valence-corrected chi connectivity index (χ1v) is 7.57. The highest BCUT2D eigenvalue weighted by molar-refractivity contribution is 4.86. The fourth-order valence-corrected chi connectivity index (χ4v) is 3.58. The van der Waals surface area contributed by atoms with Crippen LogP contribution in [0.5, 0.6) is 0 Å². The van der Waals surface area contributed by atoms with Gasteiger partial charge in [-0.25, -0.2) is 0 Å². The van der Waals surface area contributed by atoms with E-state index in [9.17, 15) is 0 Å². The topological polar surface area (TPSA) is 38.0 Å². The predicted molar refractivity (Wildman–Crippen MR) is 74.0 cm³/mol. The Labute approximate surface area is 107 Å². The Morgan fingerprint density at radius 1 is 1.00 bits per heavy atom. The van der Waals surface area contributed by atoms with Crippen molar-refractivity contribution in [3.05, 3.63) is 0 Å². The molecule has 2 fully saturated rings. The van der Waals surface area contributed by atoms with Gasteiger partial charge in [-0.05, 0) is 49.9 Å². The van der Waals surface area contributed by atoms with Gasteiger partial charge < -0.3 is 11.1 Å². The van der Waals surface area contributed by atoms with E-state index in [0.717, 1.165) is 12.0 Å². The second-order valence-electron chi connectivity index (χ2n) is 6.96. The smallest absolute Gasteiger partial charge is 0.00684 e. The summed E-state index contributed by atoms with van der Waals surface area (Å²) < 4.78 is 0. The van der Waals surface area contributed by atoms with Gasteiger partial charge in [0.2, 0.25) is 0 Å². The predicted octanol–water partition coefficient (Wildman–Crippen LogP) is 3.06. The highest BCUT2D eigenvalue weighted by Crippen LogP contribution is 2.39. The molecule has 2 rings (SSSR count). The van der Waals surface area contributed by atoms with E-state index in [1.54, 1.807) is 0 Å². The minimum atomic E-state index is 0.468. The molecule has 0 unspecified atom stereocenters. The first-order chi connectivity index (χ1) is 8.08. The maximum Gasteiger partial charge on any atom is 0.00684 e. The van der Waals surface area contributed by atoms with Crippen LogP contribution in [0.2, 0.25) is 0 Å². The molecule has 2 saturated carbocycles. The van der Waals surface area contributed by atoms with Crippen LogP contribution in [0.25, 0.3) is 0 Å². The maximum absolute atomic E-state index is 5.95. The van der Waals surface area contributed by atoms with Gasteiger partial charge in [0.15, 0.2) is 0 Å². The second kappa shape index (κ2) is 5.71. The van der Waals surface area contributed by atoms with E-state index in [1.807, 2.05) is 0 Å². The van der Waals surface area contributed by atoms with E-state index < -0.39 is 0 Å². The van der Waals surface area contributed by atoms with E-state index >= 15 is 0 Å². The van der Waals surface area contributed by atoms with Crippen molar-refractivity contribution < 1.29 is 0 Å². The molecule has 0 amide bonds. The Kier molecular flexibility index (Phi) is 4.48. The van der Waals surface area contributed by atoms with E-state index in [1.165, 1.54) is 57.9 Å². The molecule has 0 spiro atoms. The lowest BCUT2D eigenvalue weighted by molar-refractivity contribution is 0.191. The third-order valence-corrected chi connectivity index (χ3v) is 5.08. The lowest BCUT2D eigenvalue weighted by Crippen LogP contribution is -2.43. The average Bonchev–Trinajstić information content (AvgIpc) is 2.82. The Hall–Kier alpha value is -0.0800. The minimum Gasteiger partial charge on any atom is -0.328 e. The highest BCUT2D eigenvalue weighted by atomic mass is 14.9. The molecular formula is C15H30N2. The molecule has 0 saturated heterocycles. The summed E-state index contributed by atoms with van der Waals surface area (Å²) in [5.74, 6) is 0.945. The normalized spacial score (nSPS) is 31.9. The first kappa shape index (κ1) is 13.4. The first-order valence-electron chi connectivity index (χ1n) is 7.57. The number of hydrogen-bond acceptors (Lipinski definition) is 2. The van der Waals surface area contributed by atoms with E-state index in [0.29, 0.717) is 11.5 Å². The molecule has 2 aliphatic carbocycles. The fraction of sp³-hybridized carbons (Fsp3) is 1.00.